The molecule has 0 spiro atoms. The van der Waals surface area contributed by atoms with Gasteiger partial charge in [-0.1, -0.05) is 105 Å². The second-order valence-corrected chi connectivity index (χ2v) is 9.46. The van der Waals surface area contributed by atoms with E-state index in [1.165, 1.54) is 19.3 Å². The first-order chi connectivity index (χ1) is 19.2. The molecule has 202 valence electrons. The number of carbonyl (C=O) groups is 2. The van der Waals surface area contributed by atoms with Crippen molar-refractivity contribution in [3.8, 4) is 22.5 Å². The fourth-order valence-corrected chi connectivity index (χ4v) is 4.53. The van der Waals surface area contributed by atoms with Crippen molar-refractivity contribution in [2.75, 3.05) is 18.4 Å². The molecule has 0 unspecified atom stereocenters. The molecule has 0 atom stereocenters. The van der Waals surface area contributed by atoms with Crippen LogP contribution in [0.15, 0.2) is 91.3 Å². The number of unbranched alkanes of at least 4 members (excludes halogenated alkanes) is 4. The predicted octanol–water partition coefficient (Wildman–Crippen LogP) is 6.74. The second-order valence-electron chi connectivity index (χ2n) is 9.46. The monoisotopic (exact) mass is 523 g/mol. The van der Waals surface area contributed by atoms with E-state index in [0.717, 1.165) is 35.4 Å². The van der Waals surface area contributed by atoms with Crippen LogP contribution in [0.1, 0.15) is 49.4 Å². The number of hydrogen-bond donors (Lipinski definition) is 3. The van der Waals surface area contributed by atoms with Crippen LogP contribution in [-0.2, 0) is 6.54 Å². The van der Waals surface area contributed by atoms with Crippen molar-refractivity contribution in [3.63, 3.8) is 0 Å². The maximum Gasteiger partial charge on any atom is 0.319 e. The van der Waals surface area contributed by atoms with E-state index in [-0.39, 0.29) is 11.9 Å². The fourth-order valence-electron chi connectivity index (χ4n) is 4.53. The summed E-state index contributed by atoms with van der Waals surface area (Å²) in [7, 11) is 0. The highest BCUT2D eigenvalue weighted by Crippen LogP contribution is 2.31. The third kappa shape index (κ3) is 7.80. The van der Waals surface area contributed by atoms with Crippen LogP contribution in [0.25, 0.3) is 22.5 Å². The van der Waals surface area contributed by atoms with Crippen LogP contribution in [0.3, 0.4) is 0 Å². The molecule has 0 fully saturated rings. The van der Waals surface area contributed by atoms with Gasteiger partial charge in [-0.3, -0.25) is 4.79 Å². The summed E-state index contributed by atoms with van der Waals surface area (Å²) in [4.78, 5) is 30.2. The van der Waals surface area contributed by atoms with Crippen LogP contribution in [0.5, 0.6) is 0 Å². The Bertz CT molecular complexity index is 1340. The quantitative estimate of drug-likeness (QED) is 0.170. The molecule has 4 rings (SSSR count). The molecule has 3 aromatic carbocycles. The summed E-state index contributed by atoms with van der Waals surface area (Å²) in [5.74, 6) is -0.241. The number of aromatic nitrogens is 2. The van der Waals surface area contributed by atoms with Crippen molar-refractivity contribution < 1.29 is 9.59 Å². The topological polar surface area (TPSA) is 88.0 Å². The lowest BCUT2D eigenvalue weighted by molar-refractivity contribution is 0.0953. The van der Waals surface area contributed by atoms with E-state index >= 15 is 0 Å². The highest BCUT2D eigenvalue weighted by Gasteiger charge is 2.16. The zero-order valence-corrected chi connectivity index (χ0v) is 22.5. The van der Waals surface area contributed by atoms with E-state index in [1.807, 2.05) is 54.9 Å². The minimum Gasteiger partial charge on any atom is -0.350 e. The van der Waals surface area contributed by atoms with Crippen molar-refractivity contribution >= 4 is 17.6 Å². The van der Waals surface area contributed by atoms with Crippen LogP contribution in [-0.4, -0.2) is 34.6 Å². The molecule has 0 bridgehead atoms. The van der Waals surface area contributed by atoms with E-state index in [4.69, 9.17) is 4.98 Å². The van der Waals surface area contributed by atoms with Gasteiger partial charge < -0.3 is 20.5 Å². The highest BCUT2D eigenvalue weighted by molar-refractivity contribution is 6.03. The highest BCUT2D eigenvalue weighted by atomic mass is 16.2. The molecule has 0 aliphatic carbocycles. The molecule has 0 saturated heterocycles. The number of hydrogen-bond acceptors (Lipinski definition) is 3. The van der Waals surface area contributed by atoms with Crippen molar-refractivity contribution in [2.24, 2.45) is 0 Å². The third-order valence-electron chi connectivity index (χ3n) is 6.56. The van der Waals surface area contributed by atoms with Crippen LogP contribution in [0.2, 0.25) is 0 Å². The van der Waals surface area contributed by atoms with Gasteiger partial charge in [-0.25, -0.2) is 9.78 Å². The van der Waals surface area contributed by atoms with E-state index in [1.54, 1.807) is 24.3 Å². The summed E-state index contributed by atoms with van der Waals surface area (Å²) in [5.41, 5.74) is 4.92. The standard InChI is InChI=1S/C32H37N5O2/c1-2-3-4-5-14-21-34-32(39)36-28-20-13-12-19-27(28)31(38)33-22-23-37-24-35-29(25-15-8-6-9-16-25)30(37)26-17-10-7-11-18-26/h6-13,15-20,24H,2-5,14,21-23H2,1H3,(H,33,38)(H2,34,36,39). The lowest BCUT2D eigenvalue weighted by atomic mass is 10.0. The van der Waals surface area contributed by atoms with E-state index < -0.39 is 0 Å². The largest absolute Gasteiger partial charge is 0.350 e. The molecule has 0 saturated carbocycles. The van der Waals surface area contributed by atoms with Gasteiger partial charge in [-0.15, -0.1) is 0 Å². The van der Waals surface area contributed by atoms with Gasteiger partial charge in [-0.2, -0.15) is 0 Å². The average molecular weight is 524 g/mol. The first kappa shape index (κ1) is 27.6. The lowest BCUT2D eigenvalue weighted by Gasteiger charge is -2.14. The van der Waals surface area contributed by atoms with Gasteiger partial charge in [0.25, 0.3) is 5.91 Å². The molecular weight excluding hydrogens is 486 g/mol. The smallest absolute Gasteiger partial charge is 0.319 e. The van der Waals surface area contributed by atoms with Crippen molar-refractivity contribution in [1.82, 2.24) is 20.2 Å². The lowest BCUT2D eigenvalue weighted by Crippen LogP contribution is -2.32. The Morgan fingerprint density at radius 1 is 0.744 bits per heavy atom. The maximum atomic E-state index is 13.1. The number of benzene rings is 3. The van der Waals surface area contributed by atoms with Gasteiger partial charge in [0, 0.05) is 30.8 Å². The molecule has 1 aromatic heterocycles. The molecule has 1 heterocycles. The van der Waals surface area contributed by atoms with E-state index in [9.17, 15) is 9.59 Å². The Morgan fingerprint density at radius 3 is 2.15 bits per heavy atom. The number of nitrogens with one attached hydrogen (secondary N) is 3. The zero-order valence-electron chi connectivity index (χ0n) is 22.5. The Labute approximate surface area is 230 Å². The number of amides is 3. The Morgan fingerprint density at radius 2 is 1.41 bits per heavy atom. The summed E-state index contributed by atoms with van der Waals surface area (Å²) in [6, 6.07) is 27.0. The number of carbonyl (C=O) groups excluding carboxylic acids is 2. The first-order valence-corrected chi connectivity index (χ1v) is 13.8. The van der Waals surface area contributed by atoms with E-state index in [0.29, 0.717) is 30.9 Å². The molecule has 39 heavy (non-hydrogen) atoms. The summed E-state index contributed by atoms with van der Waals surface area (Å²) < 4.78 is 2.07. The summed E-state index contributed by atoms with van der Waals surface area (Å²) in [5, 5.41) is 8.71. The van der Waals surface area contributed by atoms with Gasteiger partial charge in [0.05, 0.1) is 29.0 Å². The minimum atomic E-state index is -0.301. The molecule has 0 aliphatic heterocycles. The Balaban J connectivity index is 1.38. The number of urea groups is 1. The summed E-state index contributed by atoms with van der Waals surface area (Å²) in [6.07, 6.45) is 7.46. The predicted molar refractivity (Wildman–Crippen MR) is 158 cm³/mol. The number of rotatable bonds is 13. The molecular formula is C32H37N5O2. The van der Waals surface area contributed by atoms with Crippen molar-refractivity contribution in [3.05, 3.63) is 96.8 Å². The van der Waals surface area contributed by atoms with Crippen molar-refractivity contribution in [1.29, 1.82) is 0 Å². The van der Waals surface area contributed by atoms with Crippen molar-refractivity contribution in [2.45, 2.75) is 45.6 Å². The van der Waals surface area contributed by atoms with E-state index in [2.05, 4.69) is 39.6 Å². The number of para-hydroxylation sites is 1. The average Bonchev–Trinajstić information content (AvgIpc) is 3.40. The van der Waals surface area contributed by atoms with Crippen LogP contribution in [0.4, 0.5) is 10.5 Å². The maximum absolute atomic E-state index is 13.1. The molecule has 3 amide bonds. The second kappa shape index (κ2) is 14.5. The molecule has 7 heteroatoms. The zero-order chi connectivity index (χ0) is 27.3. The molecule has 0 aliphatic rings. The third-order valence-corrected chi connectivity index (χ3v) is 6.56. The molecule has 7 nitrogen and oxygen atoms in total. The van der Waals surface area contributed by atoms with Gasteiger partial charge >= 0.3 is 6.03 Å². The summed E-state index contributed by atoms with van der Waals surface area (Å²) in [6.45, 7) is 3.75. The molecule has 3 N–H and O–H groups in total. The first-order valence-electron chi connectivity index (χ1n) is 13.8. The SMILES string of the molecule is CCCCCCCNC(=O)Nc1ccccc1C(=O)NCCn1cnc(-c2ccccc2)c1-c1ccccc1. The summed E-state index contributed by atoms with van der Waals surface area (Å²) >= 11 is 0. The van der Waals surface area contributed by atoms with Gasteiger partial charge in [0.1, 0.15) is 0 Å². The fraction of sp³-hybridized carbons (Fsp3) is 0.281. The number of imidazole rings is 1. The van der Waals surface area contributed by atoms with Gasteiger partial charge in [0.2, 0.25) is 0 Å². The Hall–Kier alpha value is -4.39. The number of nitrogens with zero attached hydrogens (tertiary/aromatic N) is 2. The van der Waals surface area contributed by atoms with Gasteiger partial charge in [-0.05, 0) is 18.6 Å². The molecule has 4 aromatic rings. The number of anilines is 1. The molecule has 0 radical (unpaired) electrons. The van der Waals surface area contributed by atoms with Crippen LogP contribution in [0, 0.1) is 0 Å². The van der Waals surface area contributed by atoms with Crippen LogP contribution >= 0.6 is 0 Å². The Kier molecular flexibility index (Phi) is 10.3. The van der Waals surface area contributed by atoms with Crippen LogP contribution < -0.4 is 16.0 Å². The minimum absolute atomic E-state index is 0.241. The van der Waals surface area contributed by atoms with Gasteiger partial charge in [0.15, 0.2) is 0 Å². The normalized spacial score (nSPS) is 10.7.